The van der Waals surface area contributed by atoms with Crippen LogP contribution in [0.5, 0.6) is 11.5 Å². The number of rotatable bonds is 8. The Kier molecular flexibility index (Phi) is 8.02. The monoisotopic (exact) mass is 544 g/mol. The van der Waals surface area contributed by atoms with E-state index in [4.69, 9.17) is 14.2 Å². The van der Waals surface area contributed by atoms with Gasteiger partial charge < -0.3 is 19.1 Å². The van der Waals surface area contributed by atoms with Gasteiger partial charge >= 0.3 is 5.97 Å². The predicted octanol–water partition coefficient (Wildman–Crippen LogP) is 5.05. The van der Waals surface area contributed by atoms with Crippen LogP contribution >= 0.6 is 15.9 Å². The number of likely N-dealkylation sites (tertiary alicyclic amines) is 1. The minimum Gasteiger partial charge on any atom is -0.493 e. The molecular formula is C27H33BrN2O5. The predicted molar refractivity (Wildman–Crippen MR) is 138 cm³/mol. The summed E-state index contributed by atoms with van der Waals surface area (Å²) in [4.78, 5) is 28.9. The maximum atomic E-state index is 12.9. The number of esters is 1. The van der Waals surface area contributed by atoms with Crippen LogP contribution in [-0.4, -0.2) is 56.7 Å². The molecule has 0 saturated carbocycles. The van der Waals surface area contributed by atoms with E-state index in [-0.39, 0.29) is 17.3 Å². The number of carbonyl (C=O) groups is 2. The Balaban J connectivity index is 1.40. The molecule has 8 heteroatoms. The van der Waals surface area contributed by atoms with E-state index in [9.17, 15) is 9.59 Å². The fraction of sp³-hybridized carbons (Fsp3) is 0.481. The van der Waals surface area contributed by atoms with Crippen molar-refractivity contribution in [2.75, 3.05) is 44.9 Å². The van der Waals surface area contributed by atoms with Crippen LogP contribution < -0.4 is 14.4 Å². The van der Waals surface area contributed by atoms with Crippen LogP contribution in [0.3, 0.4) is 0 Å². The molecule has 0 N–H and O–H groups in total. The van der Waals surface area contributed by atoms with Gasteiger partial charge in [0.15, 0.2) is 0 Å². The molecule has 1 spiro atoms. The third kappa shape index (κ3) is 5.64. The van der Waals surface area contributed by atoms with Crippen molar-refractivity contribution in [1.29, 1.82) is 0 Å². The van der Waals surface area contributed by atoms with Gasteiger partial charge in [-0.1, -0.05) is 0 Å². The van der Waals surface area contributed by atoms with Crippen LogP contribution in [0.4, 0.5) is 5.69 Å². The van der Waals surface area contributed by atoms with Gasteiger partial charge in [0.2, 0.25) is 5.91 Å². The topological polar surface area (TPSA) is 68.3 Å². The van der Waals surface area contributed by atoms with E-state index < -0.39 is 0 Å². The molecule has 188 valence electrons. The molecule has 7 nitrogen and oxygen atoms in total. The number of ether oxygens (including phenoxy) is 3. The lowest BCUT2D eigenvalue weighted by Crippen LogP contribution is -2.41. The van der Waals surface area contributed by atoms with E-state index in [1.165, 1.54) is 7.11 Å². The van der Waals surface area contributed by atoms with Crippen LogP contribution in [-0.2, 0) is 16.1 Å². The van der Waals surface area contributed by atoms with Crippen LogP contribution in [0, 0.1) is 5.41 Å². The highest BCUT2D eigenvalue weighted by Gasteiger charge is 2.45. The molecule has 0 aliphatic carbocycles. The number of amides is 1. The van der Waals surface area contributed by atoms with Crippen molar-refractivity contribution in [2.24, 2.45) is 5.41 Å². The maximum absolute atomic E-state index is 12.9. The number of halogens is 1. The summed E-state index contributed by atoms with van der Waals surface area (Å²) in [5.41, 5.74) is 2.48. The average Bonchev–Trinajstić information content (AvgIpc) is 3.19. The summed E-state index contributed by atoms with van der Waals surface area (Å²) < 4.78 is 17.2. The molecule has 0 unspecified atom stereocenters. The second kappa shape index (κ2) is 11.0. The minimum absolute atomic E-state index is 0.00127. The number of methoxy groups -OCH3 is 1. The van der Waals surface area contributed by atoms with Crippen molar-refractivity contribution < 1.29 is 23.8 Å². The number of nitrogens with zero attached hydrogens (tertiary/aromatic N) is 2. The van der Waals surface area contributed by atoms with Crippen LogP contribution in [0.2, 0.25) is 0 Å². The van der Waals surface area contributed by atoms with Crippen molar-refractivity contribution in [1.82, 2.24) is 4.90 Å². The summed E-state index contributed by atoms with van der Waals surface area (Å²) in [5, 5.41) is 0. The van der Waals surface area contributed by atoms with Gasteiger partial charge in [0.05, 0.1) is 25.9 Å². The first-order valence-electron chi connectivity index (χ1n) is 12.2. The van der Waals surface area contributed by atoms with Gasteiger partial charge in [-0.15, -0.1) is 0 Å². The van der Waals surface area contributed by atoms with E-state index in [0.29, 0.717) is 25.2 Å². The van der Waals surface area contributed by atoms with Gasteiger partial charge in [-0.2, -0.15) is 0 Å². The molecule has 2 aliphatic heterocycles. The summed E-state index contributed by atoms with van der Waals surface area (Å²) in [6.45, 7) is 8.55. The van der Waals surface area contributed by atoms with Crippen molar-refractivity contribution in [3.05, 3.63) is 52.0 Å². The van der Waals surface area contributed by atoms with Crippen LogP contribution in [0.1, 0.15) is 49.0 Å². The molecule has 0 radical (unpaired) electrons. The second-order valence-corrected chi connectivity index (χ2v) is 10.0. The van der Waals surface area contributed by atoms with Crippen molar-refractivity contribution in [3.8, 4) is 11.5 Å². The molecule has 1 amide bonds. The third-order valence-corrected chi connectivity index (χ3v) is 7.69. The summed E-state index contributed by atoms with van der Waals surface area (Å²) in [5.74, 6) is 1.38. The standard InChI is InChI=1S/C27H33BrN2O5/c1-4-34-22-14-19(15-23(25(22)28)35-5-2)17-29-12-10-27(11-13-29)16-24(31)30(18-27)21-8-6-20(7-9-21)26(32)33-3/h6-9,14-15H,4-5,10-13,16-18H2,1-3H3. The maximum Gasteiger partial charge on any atom is 0.337 e. The molecule has 0 aromatic heterocycles. The van der Waals surface area contributed by atoms with Gasteiger partial charge in [0, 0.05) is 25.2 Å². The molecule has 2 aliphatic rings. The second-order valence-electron chi connectivity index (χ2n) is 9.24. The summed E-state index contributed by atoms with van der Waals surface area (Å²) in [6, 6.07) is 11.3. The largest absolute Gasteiger partial charge is 0.493 e. The molecule has 2 aromatic carbocycles. The molecule has 2 aromatic rings. The Morgan fingerprint density at radius 2 is 1.63 bits per heavy atom. The molecule has 2 fully saturated rings. The Labute approximate surface area is 215 Å². The molecule has 2 saturated heterocycles. The highest BCUT2D eigenvalue weighted by Crippen LogP contribution is 2.43. The van der Waals surface area contributed by atoms with Gasteiger partial charge in [0.1, 0.15) is 16.0 Å². The fourth-order valence-electron chi connectivity index (χ4n) is 5.04. The van der Waals surface area contributed by atoms with Gasteiger partial charge in [-0.05, 0) is 103 Å². The number of hydrogen-bond donors (Lipinski definition) is 0. The third-order valence-electron chi connectivity index (χ3n) is 6.91. The van der Waals surface area contributed by atoms with E-state index >= 15 is 0 Å². The van der Waals surface area contributed by atoms with Crippen molar-refractivity contribution >= 4 is 33.5 Å². The lowest BCUT2D eigenvalue weighted by molar-refractivity contribution is -0.118. The zero-order valence-corrected chi connectivity index (χ0v) is 22.2. The highest BCUT2D eigenvalue weighted by atomic mass is 79.9. The molecule has 35 heavy (non-hydrogen) atoms. The van der Waals surface area contributed by atoms with Gasteiger partial charge in [-0.25, -0.2) is 4.79 Å². The first-order valence-corrected chi connectivity index (χ1v) is 13.0. The van der Waals surface area contributed by atoms with E-state index in [1.54, 1.807) is 12.1 Å². The number of hydrogen-bond acceptors (Lipinski definition) is 6. The zero-order valence-electron chi connectivity index (χ0n) is 20.6. The number of piperidine rings is 1. The first-order chi connectivity index (χ1) is 16.9. The quantitative estimate of drug-likeness (QED) is 0.433. The van der Waals surface area contributed by atoms with Crippen LogP contribution in [0.25, 0.3) is 0 Å². The summed E-state index contributed by atoms with van der Waals surface area (Å²) >= 11 is 3.61. The van der Waals surface area contributed by atoms with E-state index in [0.717, 1.165) is 66.2 Å². The Morgan fingerprint density at radius 3 is 2.17 bits per heavy atom. The lowest BCUT2D eigenvalue weighted by Gasteiger charge is -2.39. The lowest BCUT2D eigenvalue weighted by atomic mass is 9.77. The minimum atomic E-state index is -0.374. The van der Waals surface area contributed by atoms with E-state index in [2.05, 4.69) is 33.0 Å². The molecule has 0 atom stereocenters. The summed E-state index contributed by atoms with van der Waals surface area (Å²) in [6.07, 6.45) is 2.52. The van der Waals surface area contributed by atoms with Gasteiger partial charge in [0.25, 0.3) is 0 Å². The average molecular weight is 545 g/mol. The SMILES string of the molecule is CCOc1cc(CN2CCC3(CC2)CC(=O)N(c2ccc(C(=O)OC)cc2)C3)cc(OCC)c1Br. The highest BCUT2D eigenvalue weighted by molar-refractivity contribution is 9.10. The Morgan fingerprint density at radius 1 is 1.03 bits per heavy atom. The Hall–Kier alpha value is -2.58. The smallest absolute Gasteiger partial charge is 0.337 e. The van der Waals surface area contributed by atoms with E-state index in [1.807, 2.05) is 30.9 Å². The van der Waals surface area contributed by atoms with Crippen molar-refractivity contribution in [3.63, 3.8) is 0 Å². The van der Waals surface area contributed by atoms with Crippen LogP contribution in [0.15, 0.2) is 40.9 Å². The number of anilines is 1. The first kappa shape index (κ1) is 25.5. The number of carbonyl (C=O) groups excluding carboxylic acids is 2. The van der Waals surface area contributed by atoms with Gasteiger partial charge in [-0.3, -0.25) is 9.69 Å². The molecule has 0 bridgehead atoms. The molecular weight excluding hydrogens is 512 g/mol. The zero-order chi connectivity index (χ0) is 25.0. The summed E-state index contributed by atoms with van der Waals surface area (Å²) in [7, 11) is 1.36. The molecule has 2 heterocycles. The normalized spacial score (nSPS) is 17.6. The molecule has 4 rings (SSSR count). The van der Waals surface area contributed by atoms with Crippen molar-refractivity contribution in [2.45, 2.75) is 39.7 Å². The number of benzene rings is 2. The Bertz CT molecular complexity index is 1040. The fourth-order valence-corrected chi connectivity index (χ4v) is 5.50.